The van der Waals surface area contributed by atoms with Crippen LogP contribution in [0.2, 0.25) is 0 Å². The first-order valence-corrected chi connectivity index (χ1v) is 4.82. The monoisotopic (exact) mass is 207 g/mol. The lowest BCUT2D eigenvalue weighted by atomic mass is 9.99. The number of amides is 2. The number of anilines is 1. The van der Waals surface area contributed by atoms with Gasteiger partial charge in [0.2, 0.25) is 0 Å². The van der Waals surface area contributed by atoms with Gasteiger partial charge in [-0.2, -0.15) is 0 Å². The van der Waals surface area contributed by atoms with Crippen molar-refractivity contribution < 1.29 is 4.79 Å². The average molecular weight is 207 g/mol. The van der Waals surface area contributed by atoms with Crippen molar-refractivity contribution in [3.63, 3.8) is 0 Å². The predicted molar refractivity (Wildman–Crippen MR) is 61.7 cm³/mol. The molecule has 2 amide bonds. The Bertz CT molecular complexity index is 373. The lowest BCUT2D eigenvalue weighted by molar-refractivity contribution is 0.252. The van der Waals surface area contributed by atoms with Gasteiger partial charge in [-0.3, -0.25) is 5.43 Å². The third kappa shape index (κ3) is 2.27. The summed E-state index contributed by atoms with van der Waals surface area (Å²) in [6.45, 7) is 8.00. The summed E-state index contributed by atoms with van der Waals surface area (Å²) in [6, 6.07) is 1.71. The van der Waals surface area contributed by atoms with Gasteiger partial charge in [-0.05, 0) is 49.9 Å². The van der Waals surface area contributed by atoms with Gasteiger partial charge >= 0.3 is 6.03 Å². The van der Waals surface area contributed by atoms with Crippen LogP contribution in [0.4, 0.5) is 10.5 Å². The van der Waals surface area contributed by atoms with Crippen LogP contribution in [-0.2, 0) is 0 Å². The summed E-state index contributed by atoms with van der Waals surface area (Å²) in [6.07, 6.45) is 0. The fourth-order valence-electron chi connectivity index (χ4n) is 1.55. The van der Waals surface area contributed by atoms with Gasteiger partial charge in [-0.15, -0.1) is 0 Å². The fourth-order valence-corrected chi connectivity index (χ4v) is 1.55. The van der Waals surface area contributed by atoms with Gasteiger partial charge in [-0.25, -0.2) is 10.6 Å². The van der Waals surface area contributed by atoms with Crippen LogP contribution in [0.5, 0.6) is 0 Å². The van der Waals surface area contributed by atoms with Gasteiger partial charge in [0.25, 0.3) is 0 Å². The molecule has 0 radical (unpaired) electrons. The van der Waals surface area contributed by atoms with Crippen molar-refractivity contribution in [2.24, 2.45) is 5.84 Å². The topological polar surface area (TPSA) is 67.2 Å². The first-order valence-electron chi connectivity index (χ1n) is 4.82. The number of carbonyl (C=O) groups is 1. The molecule has 0 aliphatic carbocycles. The van der Waals surface area contributed by atoms with Crippen molar-refractivity contribution >= 4 is 11.7 Å². The molecule has 0 aromatic heterocycles. The van der Waals surface area contributed by atoms with E-state index in [1.807, 2.05) is 27.7 Å². The van der Waals surface area contributed by atoms with E-state index in [-0.39, 0.29) is 0 Å². The van der Waals surface area contributed by atoms with Crippen molar-refractivity contribution in [3.8, 4) is 0 Å². The van der Waals surface area contributed by atoms with Crippen LogP contribution in [0, 0.1) is 27.7 Å². The number of hydrogen-bond donors (Lipinski definition) is 3. The van der Waals surface area contributed by atoms with Gasteiger partial charge in [0.1, 0.15) is 0 Å². The smallest absolute Gasteiger partial charge is 0.306 e. The standard InChI is InChI=1S/C11H17N3O/c1-6-5-7(2)9(4)10(8(6)3)13-11(15)14-12/h5H,12H2,1-4H3,(H2,13,14,15). The minimum atomic E-state index is -0.397. The maximum absolute atomic E-state index is 11.2. The van der Waals surface area contributed by atoms with Gasteiger partial charge in [0, 0.05) is 5.69 Å². The Morgan fingerprint density at radius 3 is 2.00 bits per heavy atom. The van der Waals surface area contributed by atoms with E-state index in [0.717, 1.165) is 27.9 Å². The van der Waals surface area contributed by atoms with E-state index in [9.17, 15) is 4.79 Å². The summed E-state index contributed by atoms with van der Waals surface area (Å²) >= 11 is 0. The number of aryl methyl sites for hydroxylation is 2. The van der Waals surface area contributed by atoms with Crippen LogP contribution < -0.4 is 16.6 Å². The normalized spacial score (nSPS) is 9.93. The zero-order valence-electron chi connectivity index (χ0n) is 9.56. The lowest BCUT2D eigenvalue weighted by Crippen LogP contribution is -2.34. The van der Waals surface area contributed by atoms with E-state index in [0.29, 0.717) is 0 Å². The van der Waals surface area contributed by atoms with E-state index in [4.69, 9.17) is 5.84 Å². The van der Waals surface area contributed by atoms with E-state index in [2.05, 4.69) is 16.8 Å². The lowest BCUT2D eigenvalue weighted by Gasteiger charge is -2.15. The Labute approximate surface area is 89.8 Å². The van der Waals surface area contributed by atoms with E-state index < -0.39 is 6.03 Å². The summed E-state index contributed by atoms with van der Waals surface area (Å²) in [5.74, 6) is 5.03. The second-order valence-electron chi connectivity index (χ2n) is 3.73. The number of hydrogen-bond acceptors (Lipinski definition) is 2. The number of carbonyl (C=O) groups excluding carboxylic acids is 1. The number of nitrogens with one attached hydrogen (secondary N) is 2. The first kappa shape index (κ1) is 11.5. The molecule has 15 heavy (non-hydrogen) atoms. The highest BCUT2D eigenvalue weighted by atomic mass is 16.2. The van der Waals surface area contributed by atoms with E-state index >= 15 is 0 Å². The summed E-state index contributed by atoms with van der Waals surface area (Å²) in [5.41, 5.74) is 7.36. The summed E-state index contributed by atoms with van der Waals surface area (Å²) < 4.78 is 0. The molecule has 0 saturated heterocycles. The zero-order valence-corrected chi connectivity index (χ0v) is 9.56. The minimum Gasteiger partial charge on any atom is -0.306 e. The van der Waals surface area contributed by atoms with Crippen LogP contribution in [-0.4, -0.2) is 6.03 Å². The number of hydrazine groups is 1. The Morgan fingerprint density at radius 2 is 1.60 bits per heavy atom. The van der Waals surface area contributed by atoms with E-state index in [1.54, 1.807) is 0 Å². The highest BCUT2D eigenvalue weighted by molar-refractivity contribution is 5.91. The number of nitrogens with two attached hydrogens (primary N) is 1. The second-order valence-corrected chi connectivity index (χ2v) is 3.73. The SMILES string of the molecule is Cc1cc(C)c(C)c(NC(=O)NN)c1C. The minimum absolute atomic E-state index is 0.397. The Kier molecular flexibility index (Phi) is 3.31. The Hall–Kier alpha value is -1.55. The maximum atomic E-state index is 11.2. The fraction of sp³-hybridized carbons (Fsp3) is 0.364. The quantitative estimate of drug-likeness (QED) is 0.374. The highest BCUT2D eigenvalue weighted by Crippen LogP contribution is 2.26. The first-order chi connectivity index (χ1) is 6.97. The molecule has 0 saturated carbocycles. The molecular formula is C11H17N3O. The number of benzene rings is 1. The number of rotatable bonds is 1. The van der Waals surface area contributed by atoms with Crippen LogP contribution in [0.25, 0.3) is 0 Å². The third-order valence-electron chi connectivity index (χ3n) is 2.74. The van der Waals surface area contributed by atoms with E-state index in [1.165, 1.54) is 0 Å². The van der Waals surface area contributed by atoms with Gasteiger partial charge < -0.3 is 5.32 Å². The van der Waals surface area contributed by atoms with Crippen molar-refractivity contribution in [2.75, 3.05) is 5.32 Å². The molecule has 0 aliphatic rings. The molecular weight excluding hydrogens is 190 g/mol. The molecule has 0 aliphatic heterocycles. The summed E-state index contributed by atoms with van der Waals surface area (Å²) in [4.78, 5) is 11.2. The largest absolute Gasteiger partial charge is 0.333 e. The summed E-state index contributed by atoms with van der Waals surface area (Å²) in [7, 11) is 0. The third-order valence-corrected chi connectivity index (χ3v) is 2.74. The highest BCUT2D eigenvalue weighted by Gasteiger charge is 2.10. The second kappa shape index (κ2) is 4.31. The summed E-state index contributed by atoms with van der Waals surface area (Å²) in [5, 5.41) is 2.73. The van der Waals surface area contributed by atoms with Gasteiger partial charge in [0.05, 0.1) is 0 Å². The van der Waals surface area contributed by atoms with Crippen LogP contribution >= 0.6 is 0 Å². The molecule has 1 aromatic carbocycles. The molecule has 0 spiro atoms. The van der Waals surface area contributed by atoms with Gasteiger partial charge in [0.15, 0.2) is 0 Å². The van der Waals surface area contributed by atoms with Gasteiger partial charge in [-0.1, -0.05) is 6.07 Å². The van der Waals surface area contributed by atoms with Crippen molar-refractivity contribution in [1.82, 2.24) is 5.43 Å². The van der Waals surface area contributed by atoms with Crippen LogP contribution in [0.1, 0.15) is 22.3 Å². The molecule has 0 atom stereocenters. The Balaban J connectivity index is 3.21. The molecule has 1 aromatic rings. The molecule has 82 valence electrons. The van der Waals surface area contributed by atoms with Crippen LogP contribution in [0.3, 0.4) is 0 Å². The van der Waals surface area contributed by atoms with Crippen molar-refractivity contribution in [3.05, 3.63) is 28.3 Å². The Morgan fingerprint density at radius 1 is 1.13 bits per heavy atom. The molecule has 4 nitrogen and oxygen atoms in total. The average Bonchev–Trinajstić information content (AvgIpc) is 2.21. The zero-order chi connectivity index (χ0) is 11.6. The number of urea groups is 1. The predicted octanol–water partition coefficient (Wildman–Crippen LogP) is 1.92. The molecule has 4 heteroatoms. The van der Waals surface area contributed by atoms with Crippen LogP contribution in [0.15, 0.2) is 6.07 Å². The van der Waals surface area contributed by atoms with Crippen molar-refractivity contribution in [1.29, 1.82) is 0 Å². The molecule has 1 rings (SSSR count). The molecule has 0 unspecified atom stereocenters. The molecule has 4 N–H and O–H groups in total. The molecule has 0 bridgehead atoms. The van der Waals surface area contributed by atoms with Crippen molar-refractivity contribution in [2.45, 2.75) is 27.7 Å². The molecule has 0 heterocycles. The molecule has 0 fully saturated rings. The maximum Gasteiger partial charge on any atom is 0.333 e.